The van der Waals surface area contributed by atoms with E-state index < -0.39 is 6.04 Å². The first kappa shape index (κ1) is 24.2. The second-order valence-electron chi connectivity index (χ2n) is 8.72. The highest BCUT2D eigenvalue weighted by Gasteiger charge is 2.30. The van der Waals surface area contributed by atoms with Gasteiger partial charge in [-0.05, 0) is 49.9 Å². The Morgan fingerprint density at radius 3 is 2.24 bits per heavy atom. The van der Waals surface area contributed by atoms with E-state index in [1.807, 2.05) is 82.3 Å². The summed E-state index contributed by atoms with van der Waals surface area (Å²) in [6.07, 6.45) is 0.737. The van der Waals surface area contributed by atoms with Crippen LogP contribution in [0.5, 0.6) is 0 Å². The number of benzene rings is 3. The molecule has 4 heteroatoms. The molecule has 172 valence electrons. The number of nitrogens with zero attached hydrogens (tertiary/aromatic N) is 1. The lowest BCUT2D eigenvalue weighted by Crippen LogP contribution is -2.51. The lowest BCUT2D eigenvalue weighted by atomic mass is 9.99. The Labute approximate surface area is 197 Å². The molecule has 2 amide bonds. The van der Waals surface area contributed by atoms with Gasteiger partial charge in [0, 0.05) is 19.5 Å². The highest BCUT2D eigenvalue weighted by atomic mass is 16.2. The Kier molecular flexibility index (Phi) is 8.42. The minimum Gasteiger partial charge on any atom is -0.355 e. The number of carbonyl (C=O) groups is 2. The van der Waals surface area contributed by atoms with Gasteiger partial charge in [-0.15, -0.1) is 0 Å². The Morgan fingerprint density at radius 2 is 1.55 bits per heavy atom. The molecule has 0 fully saturated rings. The molecular weight excluding hydrogens is 408 g/mol. The maximum absolute atomic E-state index is 13.8. The predicted molar refractivity (Wildman–Crippen MR) is 134 cm³/mol. The van der Waals surface area contributed by atoms with Crippen molar-refractivity contribution in [2.75, 3.05) is 6.54 Å². The zero-order chi connectivity index (χ0) is 23.8. The van der Waals surface area contributed by atoms with Gasteiger partial charge in [-0.25, -0.2) is 0 Å². The van der Waals surface area contributed by atoms with Crippen molar-refractivity contribution >= 4 is 11.8 Å². The molecule has 1 N–H and O–H groups in total. The van der Waals surface area contributed by atoms with Crippen molar-refractivity contribution in [2.24, 2.45) is 0 Å². The Balaban J connectivity index is 1.98. The van der Waals surface area contributed by atoms with Crippen LogP contribution in [0.3, 0.4) is 0 Å². The molecule has 33 heavy (non-hydrogen) atoms. The van der Waals surface area contributed by atoms with Gasteiger partial charge in [0.15, 0.2) is 0 Å². The predicted octanol–water partition coefficient (Wildman–Crippen LogP) is 4.93. The lowest BCUT2D eigenvalue weighted by molar-refractivity contribution is -0.140. The lowest BCUT2D eigenvalue weighted by Gasteiger charge is -2.32. The first-order valence-corrected chi connectivity index (χ1v) is 11.6. The molecule has 4 nitrogen and oxygen atoms in total. The molecule has 3 aromatic rings. The number of likely N-dealkylation sites (N-methyl/N-ethyl adjacent to an activating group) is 1. The van der Waals surface area contributed by atoms with Gasteiger partial charge in [-0.3, -0.25) is 9.59 Å². The van der Waals surface area contributed by atoms with E-state index >= 15 is 0 Å². The minimum atomic E-state index is -0.592. The van der Waals surface area contributed by atoms with E-state index in [2.05, 4.69) is 23.5 Å². The van der Waals surface area contributed by atoms with E-state index in [1.165, 1.54) is 0 Å². The van der Waals surface area contributed by atoms with Crippen molar-refractivity contribution in [1.29, 1.82) is 0 Å². The average molecular weight is 443 g/mol. The molecule has 0 saturated carbocycles. The summed E-state index contributed by atoms with van der Waals surface area (Å²) in [5, 5.41) is 2.95. The molecule has 0 aromatic heterocycles. The monoisotopic (exact) mass is 442 g/mol. The van der Waals surface area contributed by atoms with Crippen molar-refractivity contribution in [3.63, 3.8) is 0 Å². The summed E-state index contributed by atoms with van der Waals surface area (Å²) in [5.74, 6) is -0.166. The van der Waals surface area contributed by atoms with Gasteiger partial charge in [-0.2, -0.15) is 0 Å². The molecule has 0 unspecified atom stereocenters. The third-order valence-electron chi connectivity index (χ3n) is 5.90. The fourth-order valence-electron chi connectivity index (χ4n) is 4.11. The molecule has 0 bridgehead atoms. The molecule has 0 heterocycles. The van der Waals surface area contributed by atoms with E-state index in [-0.39, 0.29) is 18.2 Å². The van der Waals surface area contributed by atoms with Crippen LogP contribution in [0.25, 0.3) is 0 Å². The number of nitrogens with one attached hydrogen (secondary N) is 1. The number of hydrogen-bond acceptors (Lipinski definition) is 2. The quantitative estimate of drug-likeness (QED) is 0.511. The smallest absolute Gasteiger partial charge is 0.243 e. The van der Waals surface area contributed by atoms with Crippen LogP contribution < -0.4 is 5.32 Å². The van der Waals surface area contributed by atoms with E-state index in [9.17, 15) is 9.59 Å². The van der Waals surface area contributed by atoms with Gasteiger partial charge in [0.25, 0.3) is 0 Å². The second-order valence-corrected chi connectivity index (χ2v) is 8.72. The first-order valence-electron chi connectivity index (χ1n) is 11.6. The average Bonchev–Trinajstić information content (AvgIpc) is 2.79. The summed E-state index contributed by atoms with van der Waals surface area (Å²) < 4.78 is 0. The molecule has 0 radical (unpaired) electrons. The van der Waals surface area contributed by atoms with Crippen LogP contribution in [0.4, 0.5) is 0 Å². The van der Waals surface area contributed by atoms with Crippen LogP contribution in [-0.2, 0) is 29.0 Å². The zero-order valence-corrected chi connectivity index (χ0v) is 20.1. The van der Waals surface area contributed by atoms with Crippen LogP contribution in [-0.4, -0.2) is 29.3 Å². The second kappa shape index (κ2) is 11.5. The van der Waals surface area contributed by atoms with Crippen LogP contribution in [0.1, 0.15) is 40.3 Å². The summed E-state index contributed by atoms with van der Waals surface area (Å²) in [6.45, 7) is 8.91. The Bertz CT molecular complexity index is 1090. The van der Waals surface area contributed by atoms with Crippen LogP contribution in [0, 0.1) is 20.8 Å². The summed E-state index contributed by atoms with van der Waals surface area (Å²) in [6, 6.07) is 23.6. The number of carbonyl (C=O) groups excluding carboxylic acids is 2. The molecule has 1 atom stereocenters. The highest BCUT2D eigenvalue weighted by molar-refractivity contribution is 5.89. The normalized spacial score (nSPS) is 11.6. The summed E-state index contributed by atoms with van der Waals surface area (Å²) >= 11 is 0. The van der Waals surface area contributed by atoms with Gasteiger partial charge in [0.2, 0.25) is 11.8 Å². The molecule has 0 aliphatic rings. The largest absolute Gasteiger partial charge is 0.355 e. The van der Waals surface area contributed by atoms with Gasteiger partial charge >= 0.3 is 0 Å². The molecule has 0 aliphatic heterocycles. The van der Waals surface area contributed by atoms with Gasteiger partial charge in [0.05, 0.1) is 6.42 Å². The van der Waals surface area contributed by atoms with Gasteiger partial charge in [-0.1, -0.05) is 83.9 Å². The van der Waals surface area contributed by atoms with Gasteiger partial charge in [0.1, 0.15) is 6.04 Å². The number of hydrogen-bond donors (Lipinski definition) is 1. The Hall–Kier alpha value is -3.40. The topological polar surface area (TPSA) is 49.4 Å². The van der Waals surface area contributed by atoms with E-state index in [0.717, 1.165) is 33.4 Å². The number of amides is 2. The number of aryl methyl sites for hydroxylation is 3. The first-order chi connectivity index (χ1) is 15.9. The third-order valence-corrected chi connectivity index (χ3v) is 5.90. The fraction of sp³-hybridized carbons (Fsp3) is 0.310. The van der Waals surface area contributed by atoms with Crippen molar-refractivity contribution in [1.82, 2.24) is 10.2 Å². The SMILES string of the molecule is CCNC(=O)[C@H](Cc1ccccc1)N(Cc1cccc(C)c1)C(=O)Cc1cc(C)ccc1C. The maximum atomic E-state index is 13.8. The maximum Gasteiger partial charge on any atom is 0.243 e. The summed E-state index contributed by atoms with van der Waals surface area (Å²) in [7, 11) is 0. The molecule has 0 aliphatic carbocycles. The Morgan fingerprint density at radius 1 is 0.848 bits per heavy atom. The van der Waals surface area contributed by atoms with Crippen LogP contribution >= 0.6 is 0 Å². The van der Waals surface area contributed by atoms with Crippen LogP contribution in [0.2, 0.25) is 0 Å². The molecule has 0 spiro atoms. The molecule has 3 aromatic carbocycles. The van der Waals surface area contributed by atoms with Crippen molar-refractivity contribution < 1.29 is 9.59 Å². The highest BCUT2D eigenvalue weighted by Crippen LogP contribution is 2.19. The summed E-state index contributed by atoms with van der Waals surface area (Å²) in [5.41, 5.74) is 6.39. The zero-order valence-electron chi connectivity index (χ0n) is 20.1. The molecule has 0 saturated heterocycles. The molecular formula is C29H34N2O2. The van der Waals surface area contributed by atoms with E-state index in [1.54, 1.807) is 4.90 Å². The van der Waals surface area contributed by atoms with E-state index in [4.69, 9.17) is 0 Å². The third kappa shape index (κ3) is 6.79. The van der Waals surface area contributed by atoms with Gasteiger partial charge < -0.3 is 10.2 Å². The minimum absolute atomic E-state index is 0.0441. The molecule has 3 rings (SSSR count). The fourth-order valence-corrected chi connectivity index (χ4v) is 4.11. The van der Waals surface area contributed by atoms with Crippen molar-refractivity contribution in [3.8, 4) is 0 Å². The van der Waals surface area contributed by atoms with Crippen LogP contribution in [0.15, 0.2) is 72.8 Å². The standard InChI is InChI=1S/C29H34N2O2/c1-5-30-29(33)27(18-24-11-7-6-8-12-24)31(20-25-13-9-10-21(2)16-25)28(32)19-26-17-22(3)14-15-23(26)4/h6-17,27H,5,18-20H2,1-4H3,(H,30,33)/t27-/m0/s1. The summed E-state index contributed by atoms with van der Waals surface area (Å²) in [4.78, 5) is 28.7. The van der Waals surface area contributed by atoms with Crippen molar-refractivity contribution in [2.45, 2.75) is 53.1 Å². The number of rotatable bonds is 9. The van der Waals surface area contributed by atoms with Crippen molar-refractivity contribution in [3.05, 3.63) is 106 Å². The van der Waals surface area contributed by atoms with E-state index in [0.29, 0.717) is 19.5 Å².